The molecule has 0 spiro atoms. The summed E-state index contributed by atoms with van der Waals surface area (Å²) in [4.78, 5) is 10.8. The van der Waals surface area contributed by atoms with Crippen molar-refractivity contribution in [3.63, 3.8) is 0 Å². The van der Waals surface area contributed by atoms with Crippen molar-refractivity contribution in [2.24, 2.45) is 0 Å². The first-order valence-corrected chi connectivity index (χ1v) is 5.84. The monoisotopic (exact) mass is 226 g/mol. The SMILES string of the molecule is CC.CC.CC(=O)Cc1ccc(F)cc1C. The van der Waals surface area contributed by atoms with Crippen LogP contribution in [0.3, 0.4) is 0 Å². The van der Waals surface area contributed by atoms with E-state index in [9.17, 15) is 9.18 Å². The number of halogens is 1. The van der Waals surface area contributed by atoms with Crippen molar-refractivity contribution in [1.82, 2.24) is 0 Å². The first kappa shape index (κ1) is 17.2. The molecule has 0 aliphatic carbocycles. The van der Waals surface area contributed by atoms with E-state index in [1.807, 2.05) is 27.7 Å². The Hall–Kier alpha value is -1.18. The van der Waals surface area contributed by atoms with Crippen LogP contribution in [0.15, 0.2) is 18.2 Å². The Kier molecular flexibility index (Phi) is 11.1. The van der Waals surface area contributed by atoms with Crippen molar-refractivity contribution in [3.05, 3.63) is 35.1 Å². The van der Waals surface area contributed by atoms with Crippen LogP contribution in [0.2, 0.25) is 0 Å². The maximum absolute atomic E-state index is 12.6. The van der Waals surface area contributed by atoms with Crippen LogP contribution in [-0.4, -0.2) is 5.78 Å². The summed E-state index contributed by atoms with van der Waals surface area (Å²) in [5.41, 5.74) is 1.74. The van der Waals surface area contributed by atoms with Crippen LogP contribution in [0, 0.1) is 12.7 Å². The zero-order valence-corrected chi connectivity index (χ0v) is 11.2. The number of rotatable bonds is 2. The standard InChI is InChI=1S/C10H11FO.2C2H6/c1-7-5-10(11)4-3-9(7)6-8(2)12;2*1-2/h3-5H,6H2,1-2H3;2*1-2H3. The average molecular weight is 226 g/mol. The number of benzene rings is 1. The summed E-state index contributed by atoms with van der Waals surface area (Å²) in [6, 6.07) is 4.48. The molecule has 16 heavy (non-hydrogen) atoms. The normalized spacial score (nSPS) is 8.19. The molecule has 1 nitrogen and oxygen atoms in total. The van der Waals surface area contributed by atoms with Gasteiger partial charge in [0.1, 0.15) is 11.6 Å². The third-order valence-corrected chi connectivity index (χ3v) is 1.74. The summed E-state index contributed by atoms with van der Waals surface area (Å²) in [6.07, 6.45) is 0.395. The van der Waals surface area contributed by atoms with Gasteiger partial charge in [0.15, 0.2) is 0 Å². The molecule has 0 saturated carbocycles. The second-order valence-electron chi connectivity index (χ2n) is 2.95. The largest absolute Gasteiger partial charge is 0.300 e. The fourth-order valence-electron chi connectivity index (χ4n) is 1.13. The van der Waals surface area contributed by atoms with Gasteiger partial charge in [-0.15, -0.1) is 0 Å². The molecule has 0 N–H and O–H groups in total. The molecule has 0 radical (unpaired) electrons. The van der Waals surface area contributed by atoms with E-state index in [1.165, 1.54) is 19.1 Å². The number of carbonyl (C=O) groups excluding carboxylic acids is 1. The molecule has 0 saturated heterocycles. The van der Waals surface area contributed by atoms with Gasteiger partial charge in [-0.25, -0.2) is 4.39 Å². The van der Waals surface area contributed by atoms with Gasteiger partial charge in [-0.2, -0.15) is 0 Å². The molecule has 0 aromatic heterocycles. The van der Waals surface area contributed by atoms with Gasteiger partial charge in [0.2, 0.25) is 0 Å². The Morgan fingerprint density at radius 3 is 2.06 bits per heavy atom. The van der Waals surface area contributed by atoms with E-state index in [1.54, 1.807) is 13.0 Å². The first-order valence-electron chi connectivity index (χ1n) is 5.84. The number of Topliss-reactive ketones (excluding diaryl/α,β-unsaturated/α-hetero) is 1. The van der Waals surface area contributed by atoms with Crippen LogP contribution in [0.5, 0.6) is 0 Å². The van der Waals surface area contributed by atoms with Gasteiger partial charge in [0, 0.05) is 6.42 Å². The predicted molar refractivity (Wildman–Crippen MR) is 68.2 cm³/mol. The van der Waals surface area contributed by atoms with E-state index >= 15 is 0 Å². The Bertz CT molecular complexity index is 306. The minimum atomic E-state index is -0.250. The van der Waals surface area contributed by atoms with Gasteiger partial charge in [-0.05, 0) is 37.1 Å². The van der Waals surface area contributed by atoms with Crippen LogP contribution in [0.4, 0.5) is 4.39 Å². The van der Waals surface area contributed by atoms with Crippen LogP contribution in [0.25, 0.3) is 0 Å². The number of carbonyl (C=O) groups is 1. The van der Waals surface area contributed by atoms with Crippen molar-refractivity contribution in [2.45, 2.75) is 48.0 Å². The lowest BCUT2D eigenvalue weighted by Gasteiger charge is -2.02. The summed E-state index contributed by atoms with van der Waals surface area (Å²) >= 11 is 0. The van der Waals surface area contributed by atoms with E-state index in [4.69, 9.17) is 0 Å². The van der Waals surface area contributed by atoms with Crippen LogP contribution in [0.1, 0.15) is 45.7 Å². The smallest absolute Gasteiger partial charge is 0.134 e. The minimum Gasteiger partial charge on any atom is -0.300 e. The van der Waals surface area contributed by atoms with Crippen molar-refractivity contribution in [1.29, 1.82) is 0 Å². The fourth-order valence-corrected chi connectivity index (χ4v) is 1.13. The summed E-state index contributed by atoms with van der Waals surface area (Å²) in [5.74, 6) is -0.149. The summed E-state index contributed by atoms with van der Waals surface area (Å²) in [6.45, 7) is 11.3. The lowest BCUT2D eigenvalue weighted by atomic mass is 10.0. The molecule has 2 heteroatoms. The van der Waals surface area contributed by atoms with E-state index in [-0.39, 0.29) is 11.6 Å². The average Bonchev–Trinajstić information content (AvgIpc) is 2.28. The van der Waals surface area contributed by atoms with Crippen molar-refractivity contribution < 1.29 is 9.18 Å². The first-order chi connectivity index (χ1) is 7.59. The van der Waals surface area contributed by atoms with Gasteiger partial charge in [-0.3, -0.25) is 4.79 Å². The molecule has 0 unspecified atom stereocenters. The molecular weight excluding hydrogens is 203 g/mol. The number of hydrogen-bond acceptors (Lipinski definition) is 1. The molecule has 1 rings (SSSR count). The van der Waals surface area contributed by atoms with Crippen molar-refractivity contribution >= 4 is 5.78 Å². The molecule has 1 aromatic carbocycles. The second kappa shape index (κ2) is 10.3. The molecule has 0 fully saturated rings. The Labute approximate surface area is 98.7 Å². The molecule has 0 aliphatic heterocycles. The fraction of sp³-hybridized carbons (Fsp3) is 0.500. The highest BCUT2D eigenvalue weighted by Crippen LogP contribution is 2.10. The van der Waals surface area contributed by atoms with Crippen LogP contribution >= 0.6 is 0 Å². The molecule has 0 heterocycles. The van der Waals surface area contributed by atoms with Gasteiger partial charge >= 0.3 is 0 Å². The second-order valence-corrected chi connectivity index (χ2v) is 2.95. The Balaban J connectivity index is 0. The summed E-state index contributed by atoms with van der Waals surface area (Å²) in [7, 11) is 0. The van der Waals surface area contributed by atoms with Gasteiger partial charge in [0.25, 0.3) is 0 Å². The third kappa shape index (κ3) is 7.16. The topological polar surface area (TPSA) is 17.1 Å². The molecule has 0 amide bonds. The highest BCUT2D eigenvalue weighted by Gasteiger charge is 2.01. The highest BCUT2D eigenvalue weighted by atomic mass is 19.1. The predicted octanol–water partition coefficient (Wildman–Crippen LogP) is 4.32. The molecule has 0 bridgehead atoms. The highest BCUT2D eigenvalue weighted by molar-refractivity contribution is 5.78. The quantitative estimate of drug-likeness (QED) is 0.734. The van der Waals surface area contributed by atoms with E-state index in [0.717, 1.165) is 11.1 Å². The molecule has 0 aliphatic rings. The molecule has 0 atom stereocenters. The van der Waals surface area contributed by atoms with Gasteiger partial charge in [-0.1, -0.05) is 33.8 Å². The maximum Gasteiger partial charge on any atom is 0.134 e. The third-order valence-electron chi connectivity index (χ3n) is 1.74. The van der Waals surface area contributed by atoms with Crippen molar-refractivity contribution in [3.8, 4) is 0 Å². The summed E-state index contributed by atoms with van der Waals surface area (Å²) < 4.78 is 12.6. The van der Waals surface area contributed by atoms with E-state index in [2.05, 4.69) is 0 Å². The minimum absolute atomic E-state index is 0.102. The Morgan fingerprint density at radius 1 is 1.19 bits per heavy atom. The lowest BCUT2D eigenvalue weighted by Crippen LogP contribution is -1.98. The zero-order chi connectivity index (χ0) is 13.1. The molecule has 92 valence electrons. The zero-order valence-electron chi connectivity index (χ0n) is 11.2. The number of hydrogen-bond donors (Lipinski definition) is 0. The summed E-state index contributed by atoms with van der Waals surface area (Å²) in [5, 5.41) is 0. The Morgan fingerprint density at radius 2 is 1.69 bits per heavy atom. The molecule has 1 aromatic rings. The maximum atomic E-state index is 12.6. The number of ketones is 1. The lowest BCUT2D eigenvalue weighted by molar-refractivity contribution is -0.116. The van der Waals surface area contributed by atoms with E-state index < -0.39 is 0 Å². The van der Waals surface area contributed by atoms with E-state index in [0.29, 0.717) is 6.42 Å². The number of aryl methyl sites for hydroxylation is 1. The van der Waals surface area contributed by atoms with Gasteiger partial charge < -0.3 is 0 Å². The van der Waals surface area contributed by atoms with Crippen molar-refractivity contribution in [2.75, 3.05) is 0 Å². The van der Waals surface area contributed by atoms with Gasteiger partial charge in [0.05, 0.1) is 0 Å². The van der Waals surface area contributed by atoms with Crippen LogP contribution < -0.4 is 0 Å². The van der Waals surface area contributed by atoms with Crippen LogP contribution in [-0.2, 0) is 11.2 Å². The molecular formula is C14H23FO.